The molecular weight excluding hydrogens is 380 g/mol. The normalized spacial score (nSPS) is 11.7. The van der Waals surface area contributed by atoms with E-state index in [1.807, 2.05) is 13.8 Å². The molecule has 2 heterocycles. The van der Waals surface area contributed by atoms with Crippen molar-refractivity contribution in [1.82, 2.24) is 29.8 Å². The molecule has 150 valence electrons. The van der Waals surface area contributed by atoms with Gasteiger partial charge in [-0.25, -0.2) is 4.68 Å². The topological polar surface area (TPSA) is 85.0 Å². The van der Waals surface area contributed by atoms with Crippen LogP contribution in [0.15, 0.2) is 37.6 Å². The van der Waals surface area contributed by atoms with Crippen molar-refractivity contribution < 1.29 is 9.59 Å². The van der Waals surface area contributed by atoms with Crippen LogP contribution in [-0.4, -0.2) is 55.4 Å². The van der Waals surface area contributed by atoms with Gasteiger partial charge in [-0.15, -0.1) is 13.2 Å². The number of hydrogen-bond acceptors (Lipinski definition) is 4. The second-order valence-corrected chi connectivity index (χ2v) is 6.76. The molecule has 2 rings (SSSR count). The lowest BCUT2D eigenvalue weighted by molar-refractivity contribution is -0.131. The van der Waals surface area contributed by atoms with E-state index in [1.165, 1.54) is 0 Å². The van der Waals surface area contributed by atoms with Crippen molar-refractivity contribution >= 4 is 23.4 Å². The van der Waals surface area contributed by atoms with Crippen LogP contribution in [0.5, 0.6) is 0 Å². The fourth-order valence-corrected chi connectivity index (χ4v) is 2.82. The van der Waals surface area contributed by atoms with Gasteiger partial charge in [-0.3, -0.25) is 14.3 Å². The fraction of sp³-hybridized carbons (Fsp3) is 0.368. The van der Waals surface area contributed by atoms with Crippen LogP contribution in [0.1, 0.15) is 28.8 Å². The Morgan fingerprint density at radius 2 is 1.93 bits per heavy atom. The van der Waals surface area contributed by atoms with Crippen LogP contribution in [0.2, 0.25) is 5.02 Å². The molecule has 0 saturated carbocycles. The van der Waals surface area contributed by atoms with E-state index in [0.717, 1.165) is 11.4 Å². The second-order valence-electron chi connectivity index (χ2n) is 6.38. The Labute approximate surface area is 169 Å². The predicted molar refractivity (Wildman–Crippen MR) is 108 cm³/mol. The summed E-state index contributed by atoms with van der Waals surface area (Å²) in [6.07, 6.45) is 4.93. The Morgan fingerprint density at radius 3 is 2.46 bits per heavy atom. The SMILES string of the molecule is C=CCN(CC=C)C(=O)C(C)NC(=O)c1ccn(Cn2nc(C)c(Cl)c2C)n1. The summed E-state index contributed by atoms with van der Waals surface area (Å²) < 4.78 is 3.29. The molecule has 0 spiro atoms. The highest BCUT2D eigenvalue weighted by Gasteiger charge is 2.22. The van der Waals surface area contributed by atoms with E-state index in [2.05, 4.69) is 28.7 Å². The minimum Gasteiger partial charge on any atom is -0.339 e. The Morgan fingerprint density at radius 1 is 1.29 bits per heavy atom. The summed E-state index contributed by atoms with van der Waals surface area (Å²) in [5.74, 6) is -0.645. The van der Waals surface area contributed by atoms with Gasteiger partial charge >= 0.3 is 0 Å². The molecule has 2 aromatic rings. The molecule has 0 bridgehead atoms. The summed E-state index contributed by atoms with van der Waals surface area (Å²) >= 11 is 6.15. The van der Waals surface area contributed by atoms with E-state index < -0.39 is 11.9 Å². The second kappa shape index (κ2) is 9.36. The minimum absolute atomic E-state index is 0.214. The van der Waals surface area contributed by atoms with Crippen molar-refractivity contribution in [2.75, 3.05) is 13.1 Å². The van der Waals surface area contributed by atoms with Gasteiger partial charge in [0.15, 0.2) is 0 Å². The van der Waals surface area contributed by atoms with E-state index in [4.69, 9.17) is 11.6 Å². The first kappa shape index (κ1) is 21.4. The highest BCUT2D eigenvalue weighted by atomic mass is 35.5. The molecule has 0 fully saturated rings. The molecule has 8 nitrogen and oxygen atoms in total. The zero-order valence-corrected chi connectivity index (χ0v) is 17.1. The number of carbonyl (C=O) groups excluding carboxylic acids is 2. The highest BCUT2D eigenvalue weighted by molar-refractivity contribution is 6.31. The zero-order chi connectivity index (χ0) is 20.8. The van der Waals surface area contributed by atoms with Crippen molar-refractivity contribution in [2.24, 2.45) is 0 Å². The molecule has 1 atom stereocenters. The average Bonchev–Trinajstić information content (AvgIpc) is 3.22. The van der Waals surface area contributed by atoms with Crippen LogP contribution in [0.4, 0.5) is 0 Å². The third-order valence-corrected chi connectivity index (χ3v) is 4.72. The molecule has 1 N–H and O–H groups in total. The van der Waals surface area contributed by atoms with Crippen LogP contribution in [0.25, 0.3) is 0 Å². The standard InChI is InChI=1S/C19H25ClN6O2/c1-6-9-24(10-7-2)19(28)14(4)21-18(27)16-8-11-25(23-16)12-26-15(5)17(20)13(3)22-26/h6-8,11,14H,1-2,9-10,12H2,3-5H3,(H,21,27). The smallest absolute Gasteiger partial charge is 0.272 e. The molecule has 0 aliphatic rings. The Kier molecular flexibility index (Phi) is 7.17. The first-order chi connectivity index (χ1) is 13.3. The van der Waals surface area contributed by atoms with E-state index in [-0.39, 0.29) is 11.6 Å². The summed E-state index contributed by atoms with van der Waals surface area (Å²) in [5.41, 5.74) is 1.77. The summed E-state index contributed by atoms with van der Waals surface area (Å²) in [7, 11) is 0. The summed E-state index contributed by atoms with van der Waals surface area (Å²) in [6, 6.07) is 0.887. The van der Waals surface area contributed by atoms with Gasteiger partial charge in [-0.2, -0.15) is 10.2 Å². The van der Waals surface area contributed by atoms with E-state index >= 15 is 0 Å². The number of carbonyl (C=O) groups is 2. The van der Waals surface area contributed by atoms with Crippen molar-refractivity contribution in [3.63, 3.8) is 0 Å². The molecule has 0 aliphatic carbocycles. The molecular formula is C19H25ClN6O2. The van der Waals surface area contributed by atoms with Crippen molar-refractivity contribution in [3.8, 4) is 0 Å². The fourth-order valence-electron chi connectivity index (χ4n) is 2.68. The maximum absolute atomic E-state index is 12.5. The molecule has 2 amide bonds. The number of nitrogens with zero attached hydrogens (tertiary/aromatic N) is 5. The molecule has 0 radical (unpaired) electrons. The molecule has 0 aliphatic heterocycles. The third-order valence-electron chi connectivity index (χ3n) is 4.17. The first-order valence-electron chi connectivity index (χ1n) is 8.82. The Bertz CT molecular complexity index is 875. The van der Waals surface area contributed by atoms with Crippen LogP contribution in [0, 0.1) is 13.8 Å². The number of hydrogen-bond donors (Lipinski definition) is 1. The van der Waals surface area contributed by atoms with Gasteiger partial charge in [0, 0.05) is 19.3 Å². The lowest BCUT2D eigenvalue weighted by Crippen LogP contribution is -2.47. The molecule has 2 aromatic heterocycles. The van der Waals surface area contributed by atoms with Crippen LogP contribution >= 0.6 is 11.6 Å². The van der Waals surface area contributed by atoms with Gasteiger partial charge in [0.05, 0.1) is 16.4 Å². The number of halogens is 1. The summed E-state index contributed by atoms with van der Waals surface area (Å²) in [6.45, 7) is 13.7. The lowest BCUT2D eigenvalue weighted by atomic mass is 10.2. The van der Waals surface area contributed by atoms with Gasteiger partial charge in [0.25, 0.3) is 5.91 Å². The summed E-state index contributed by atoms with van der Waals surface area (Å²) in [5, 5.41) is 11.9. The molecule has 9 heteroatoms. The molecule has 0 saturated heterocycles. The molecule has 28 heavy (non-hydrogen) atoms. The number of aromatic nitrogens is 4. The number of rotatable bonds is 9. The lowest BCUT2D eigenvalue weighted by Gasteiger charge is -2.23. The number of aryl methyl sites for hydroxylation is 1. The average molecular weight is 405 g/mol. The number of nitrogens with one attached hydrogen (secondary N) is 1. The largest absolute Gasteiger partial charge is 0.339 e. The number of amides is 2. The minimum atomic E-state index is -0.702. The van der Waals surface area contributed by atoms with Crippen molar-refractivity contribution in [2.45, 2.75) is 33.5 Å². The van der Waals surface area contributed by atoms with Crippen molar-refractivity contribution in [1.29, 1.82) is 0 Å². The maximum atomic E-state index is 12.5. The van der Waals surface area contributed by atoms with Crippen LogP contribution < -0.4 is 5.32 Å². The van der Waals surface area contributed by atoms with Gasteiger partial charge < -0.3 is 10.2 Å². The quantitative estimate of drug-likeness (QED) is 0.649. The third kappa shape index (κ3) is 4.89. The van der Waals surface area contributed by atoms with Crippen molar-refractivity contribution in [3.05, 3.63) is 59.7 Å². The van der Waals surface area contributed by atoms with Crippen LogP contribution in [-0.2, 0) is 11.5 Å². The Balaban J connectivity index is 2.03. The predicted octanol–water partition coefficient (Wildman–Crippen LogP) is 2.17. The van der Waals surface area contributed by atoms with Gasteiger partial charge in [0.2, 0.25) is 5.91 Å². The van der Waals surface area contributed by atoms with Crippen LogP contribution in [0.3, 0.4) is 0 Å². The first-order valence-corrected chi connectivity index (χ1v) is 9.20. The summed E-state index contributed by atoms with van der Waals surface area (Å²) in [4.78, 5) is 26.5. The molecule has 1 unspecified atom stereocenters. The van der Waals surface area contributed by atoms with Gasteiger partial charge in [-0.05, 0) is 26.8 Å². The maximum Gasteiger partial charge on any atom is 0.272 e. The van der Waals surface area contributed by atoms with E-state index in [9.17, 15) is 9.59 Å². The zero-order valence-electron chi connectivity index (χ0n) is 16.4. The van der Waals surface area contributed by atoms with E-state index in [0.29, 0.717) is 24.8 Å². The van der Waals surface area contributed by atoms with Gasteiger partial charge in [-0.1, -0.05) is 23.8 Å². The van der Waals surface area contributed by atoms with Gasteiger partial charge in [0.1, 0.15) is 18.4 Å². The monoisotopic (exact) mass is 404 g/mol. The highest BCUT2D eigenvalue weighted by Crippen LogP contribution is 2.18. The Hall–Kier alpha value is -2.87. The van der Waals surface area contributed by atoms with E-state index in [1.54, 1.807) is 45.6 Å². The molecule has 0 aromatic carbocycles.